The third kappa shape index (κ3) is 12.1. The number of rotatable bonds is 12. The molecule has 0 radical (unpaired) electrons. The van der Waals surface area contributed by atoms with Gasteiger partial charge in [0.1, 0.15) is 0 Å². The third-order valence-electron chi connectivity index (χ3n) is 24.7. The van der Waals surface area contributed by atoms with Gasteiger partial charge in [0.25, 0.3) is 0 Å². The standard InChI is InChI=1S/2C57H35N5S/c1-3-15-36(16-4-1)37-29-31-40(32-30-37)61-48-25-10-7-21-42(48)44-33-34-45-43-22-8-11-26-49(43)62(54(45)53(44)61)41-20-13-19-39(35-41)56-58-55(38-17-5-2-6-18-38)59-57(60-56)47-24-14-28-51-52(47)46-23-9-12-27-50(46)63-51;1-3-14-36(15-4-1)37-26-29-41(30-27-37)61-49-23-10-7-20-43(49)47-32-33-48-44-21-8-11-24-50(44)62(54(48)53(47)61)42-19-13-18-39(34-42)56-58-55(38-16-5-2-6-17-38)59-57(60-56)40-28-31-46-45-22-9-12-25-51(45)63-52(46)35-40/h2*1-35H. The summed E-state index contributed by atoms with van der Waals surface area (Å²) in [7, 11) is 0. The van der Waals surface area contributed by atoms with Crippen LogP contribution in [-0.2, 0) is 0 Å². The van der Waals surface area contributed by atoms with Crippen LogP contribution in [0.5, 0.6) is 0 Å². The van der Waals surface area contributed by atoms with Gasteiger partial charge in [0.2, 0.25) is 0 Å². The molecule has 126 heavy (non-hydrogen) atoms. The van der Waals surface area contributed by atoms with Crippen molar-refractivity contribution in [3.8, 4) is 113 Å². The first kappa shape index (κ1) is 72.4. The lowest BCUT2D eigenvalue weighted by Crippen LogP contribution is -2.02. The molecule has 0 spiro atoms. The number of nitrogens with zero attached hydrogens (tertiary/aromatic N) is 10. The van der Waals surface area contributed by atoms with Crippen LogP contribution in [0.3, 0.4) is 0 Å². The molecule has 8 heterocycles. The largest absolute Gasteiger partial charge is 0.307 e. The Morgan fingerprint density at radius 1 is 0.159 bits per heavy atom. The molecule has 0 amide bonds. The molecule has 26 aromatic rings. The highest BCUT2D eigenvalue weighted by atomic mass is 32.1. The first-order valence-corrected chi connectivity index (χ1v) is 44.0. The first-order chi connectivity index (χ1) is 62.5. The normalized spacial score (nSPS) is 11.8. The van der Waals surface area contributed by atoms with Gasteiger partial charge < -0.3 is 18.3 Å². The molecule has 10 nitrogen and oxygen atoms in total. The van der Waals surface area contributed by atoms with Gasteiger partial charge >= 0.3 is 0 Å². The monoisotopic (exact) mass is 1640 g/mol. The van der Waals surface area contributed by atoms with E-state index in [0.29, 0.717) is 34.9 Å². The molecule has 0 saturated carbocycles. The topological polar surface area (TPSA) is 97.1 Å². The number of thiophene rings is 2. The highest BCUT2D eigenvalue weighted by molar-refractivity contribution is 7.26. The van der Waals surface area contributed by atoms with Crippen molar-refractivity contribution in [2.24, 2.45) is 0 Å². The Bertz CT molecular complexity index is 8830. The molecular weight excluding hydrogens is 1570 g/mol. The molecule has 0 fully saturated rings. The maximum Gasteiger partial charge on any atom is 0.164 e. The van der Waals surface area contributed by atoms with Crippen LogP contribution in [0.15, 0.2) is 425 Å². The van der Waals surface area contributed by atoms with E-state index in [0.717, 1.165) is 100 Å². The second-order valence-electron chi connectivity index (χ2n) is 32.0. The third-order valence-corrected chi connectivity index (χ3v) is 27.0. The van der Waals surface area contributed by atoms with Crippen molar-refractivity contribution >= 4 is 150 Å². The van der Waals surface area contributed by atoms with Crippen molar-refractivity contribution in [2.75, 3.05) is 0 Å². The molecule has 0 N–H and O–H groups in total. The van der Waals surface area contributed by atoms with Crippen LogP contribution in [0.1, 0.15) is 0 Å². The lowest BCUT2D eigenvalue weighted by atomic mass is 10.1. The van der Waals surface area contributed by atoms with Crippen LogP contribution >= 0.6 is 22.7 Å². The SMILES string of the molecule is c1ccc(-c2ccc(-n3c4ccccc4c4ccc5c6ccccc6n(-c6cccc(-c7nc(-c8ccccc8)nc(-c8ccc9c(c8)sc8ccccc89)n7)c6)c5c43)cc2)cc1.c1ccc(-c2ccc(-n3c4ccccc4c4ccc5c6ccccc6n(-c6cccc(-c7nc(-c8ccccc8)nc(-c8cccc9sc%10ccccc%10c89)n7)c6)c5c43)cc2)cc1. The van der Waals surface area contributed by atoms with E-state index in [4.69, 9.17) is 29.9 Å². The minimum atomic E-state index is 0.621. The molecule has 0 unspecified atom stereocenters. The van der Waals surface area contributed by atoms with Crippen molar-refractivity contribution in [1.82, 2.24) is 48.2 Å². The van der Waals surface area contributed by atoms with Crippen molar-refractivity contribution in [2.45, 2.75) is 0 Å². The van der Waals surface area contributed by atoms with E-state index in [2.05, 4.69) is 407 Å². The molecule has 0 aliphatic rings. The fourth-order valence-electron chi connectivity index (χ4n) is 19.0. The van der Waals surface area contributed by atoms with Gasteiger partial charge in [0.15, 0.2) is 34.9 Å². The van der Waals surface area contributed by atoms with Crippen molar-refractivity contribution in [1.29, 1.82) is 0 Å². The summed E-state index contributed by atoms with van der Waals surface area (Å²) in [6, 6.07) is 151. The predicted octanol–water partition coefficient (Wildman–Crippen LogP) is 30.2. The Labute approximate surface area is 731 Å². The lowest BCUT2D eigenvalue weighted by Gasteiger charge is -2.14. The average Bonchev–Trinajstić information content (AvgIpc) is 1.55. The molecule has 0 bridgehead atoms. The summed E-state index contributed by atoms with van der Waals surface area (Å²) in [6.07, 6.45) is 0. The molecule has 0 saturated heterocycles. The lowest BCUT2D eigenvalue weighted by molar-refractivity contribution is 1.07. The molecular formula is C114H70N10S2. The summed E-state index contributed by atoms with van der Waals surface area (Å²) in [5, 5.41) is 14.5. The minimum Gasteiger partial charge on any atom is -0.307 e. The van der Waals surface area contributed by atoms with E-state index in [-0.39, 0.29) is 0 Å². The van der Waals surface area contributed by atoms with Crippen LogP contribution in [0.4, 0.5) is 0 Å². The Hall–Kier alpha value is -16.4. The van der Waals surface area contributed by atoms with Gasteiger partial charge in [-0.15, -0.1) is 22.7 Å². The van der Waals surface area contributed by atoms with E-state index in [1.54, 1.807) is 22.7 Å². The molecule has 18 aromatic carbocycles. The quantitative estimate of drug-likeness (QED) is 0.121. The zero-order valence-corrected chi connectivity index (χ0v) is 69.3. The van der Waals surface area contributed by atoms with Crippen LogP contribution < -0.4 is 0 Å². The second-order valence-corrected chi connectivity index (χ2v) is 34.2. The van der Waals surface area contributed by atoms with Gasteiger partial charge in [0.05, 0.1) is 44.1 Å². The zero-order chi connectivity index (χ0) is 82.9. The van der Waals surface area contributed by atoms with Gasteiger partial charge in [-0.1, -0.05) is 328 Å². The smallest absolute Gasteiger partial charge is 0.164 e. The summed E-state index contributed by atoms with van der Waals surface area (Å²) in [4.78, 5) is 31.2. The summed E-state index contributed by atoms with van der Waals surface area (Å²) in [6.45, 7) is 0. The first-order valence-electron chi connectivity index (χ1n) is 42.4. The number of para-hydroxylation sites is 4. The molecule has 12 heteroatoms. The summed E-state index contributed by atoms with van der Waals surface area (Å²) < 4.78 is 14.7. The van der Waals surface area contributed by atoms with E-state index < -0.39 is 0 Å². The van der Waals surface area contributed by atoms with Crippen LogP contribution in [0.25, 0.3) is 241 Å². The predicted molar refractivity (Wildman–Crippen MR) is 526 cm³/mol. The molecule has 26 rings (SSSR count). The van der Waals surface area contributed by atoms with Crippen LogP contribution in [0, 0.1) is 0 Å². The molecule has 0 aliphatic heterocycles. The number of fused-ring (bicyclic) bond motifs is 20. The van der Waals surface area contributed by atoms with E-state index in [1.807, 2.05) is 36.4 Å². The van der Waals surface area contributed by atoms with Gasteiger partial charge in [-0.2, -0.15) is 0 Å². The Balaban J connectivity index is 0.000000137. The van der Waals surface area contributed by atoms with E-state index >= 15 is 0 Å². The van der Waals surface area contributed by atoms with Crippen molar-refractivity contribution in [3.05, 3.63) is 425 Å². The number of benzene rings is 18. The number of aromatic nitrogens is 10. The molecule has 0 aliphatic carbocycles. The molecule has 588 valence electrons. The molecule has 0 atom stereocenters. The highest BCUT2D eigenvalue weighted by Gasteiger charge is 2.27. The Morgan fingerprint density at radius 2 is 0.437 bits per heavy atom. The van der Waals surface area contributed by atoms with Gasteiger partial charge in [-0.05, 0) is 119 Å². The van der Waals surface area contributed by atoms with Gasteiger partial charge in [0, 0.05) is 140 Å². The van der Waals surface area contributed by atoms with Crippen LogP contribution in [0.2, 0.25) is 0 Å². The second kappa shape index (κ2) is 29.8. The summed E-state index contributed by atoms with van der Waals surface area (Å²) in [5.41, 5.74) is 23.9. The fourth-order valence-corrected chi connectivity index (χ4v) is 21.3. The number of hydrogen-bond donors (Lipinski definition) is 0. The van der Waals surface area contributed by atoms with Crippen molar-refractivity contribution in [3.63, 3.8) is 0 Å². The maximum atomic E-state index is 5.31. The Kier molecular flexibility index (Phi) is 17.1. The Morgan fingerprint density at radius 3 is 0.865 bits per heavy atom. The van der Waals surface area contributed by atoms with Crippen molar-refractivity contribution < 1.29 is 0 Å². The minimum absolute atomic E-state index is 0.621. The van der Waals surface area contributed by atoms with Gasteiger partial charge in [-0.25, -0.2) is 29.9 Å². The van der Waals surface area contributed by atoms with E-state index in [9.17, 15) is 0 Å². The maximum absolute atomic E-state index is 5.31. The molecule has 8 aromatic heterocycles. The number of hydrogen-bond acceptors (Lipinski definition) is 8. The summed E-state index contributed by atoms with van der Waals surface area (Å²) in [5.74, 6) is 3.81. The van der Waals surface area contributed by atoms with Gasteiger partial charge in [-0.3, -0.25) is 0 Å². The highest BCUT2D eigenvalue weighted by Crippen LogP contribution is 2.47. The zero-order valence-electron chi connectivity index (χ0n) is 67.7. The van der Waals surface area contributed by atoms with E-state index in [1.165, 1.54) is 106 Å². The average molecular weight is 1640 g/mol. The van der Waals surface area contributed by atoms with Crippen LogP contribution in [-0.4, -0.2) is 48.2 Å². The fraction of sp³-hybridized carbons (Fsp3) is 0. The summed E-state index contributed by atoms with van der Waals surface area (Å²) >= 11 is 3.60.